The Morgan fingerprint density at radius 1 is 1.03 bits per heavy atom. The summed E-state index contributed by atoms with van der Waals surface area (Å²) >= 11 is 0. The molecule has 2 fully saturated rings. The molecule has 0 bridgehead atoms. The fraction of sp³-hybridized carbons (Fsp3) is 0.591. The van der Waals surface area contributed by atoms with Gasteiger partial charge in [0.25, 0.3) is 0 Å². The van der Waals surface area contributed by atoms with Gasteiger partial charge in [0.15, 0.2) is 0 Å². The molecule has 2 N–H and O–H groups in total. The van der Waals surface area contributed by atoms with Crippen molar-refractivity contribution >= 4 is 21.1 Å². The third kappa shape index (κ3) is 4.25. The Balaban J connectivity index is 1.24. The summed E-state index contributed by atoms with van der Waals surface area (Å²) in [5.74, 6) is 2.96. The van der Waals surface area contributed by atoms with E-state index in [1.165, 1.54) is 0 Å². The first-order chi connectivity index (χ1) is 14.7. The molecule has 2 heterocycles. The van der Waals surface area contributed by atoms with Crippen LogP contribution < -0.4 is 4.72 Å². The van der Waals surface area contributed by atoms with Gasteiger partial charge in [-0.2, -0.15) is 0 Å². The maximum absolute atomic E-state index is 13.0. The molecule has 2 aliphatic carbocycles. The molecule has 2 aromatic heterocycles. The summed E-state index contributed by atoms with van der Waals surface area (Å²) in [6.07, 6.45) is 5.43. The minimum absolute atomic E-state index is 0.0943. The standard InChI is InChI=1S/C22H29N5O3S/c1-22(2,3)21-26-25-20(30-21)14-6-8-15(9-7-14)27-31(28,29)16-10-11-17-18(12-16)24-19(23-17)13-4-5-13/h10-15,27H,4-9H2,1-3H3,(H,23,24)/t14-,15-. The zero-order chi connectivity index (χ0) is 21.8. The lowest BCUT2D eigenvalue weighted by Crippen LogP contribution is -2.37. The number of hydrogen-bond donors (Lipinski definition) is 2. The van der Waals surface area contributed by atoms with Crippen molar-refractivity contribution in [2.45, 2.75) is 87.5 Å². The summed E-state index contributed by atoms with van der Waals surface area (Å²) in [4.78, 5) is 8.16. The Bertz CT molecular complexity index is 1200. The average Bonchev–Trinajstić information content (AvgIpc) is 3.27. The number of benzene rings is 1. The minimum atomic E-state index is -3.60. The number of fused-ring (bicyclic) bond motifs is 1. The van der Waals surface area contributed by atoms with Crippen LogP contribution in [0.15, 0.2) is 27.5 Å². The van der Waals surface area contributed by atoms with Crippen LogP contribution >= 0.6 is 0 Å². The molecular weight excluding hydrogens is 414 g/mol. The first-order valence-electron chi connectivity index (χ1n) is 11.0. The molecule has 166 valence electrons. The van der Waals surface area contributed by atoms with Gasteiger partial charge in [0.1, 0.15) is 5.82 Å². The normalized spacial score (nSPS) is 22.8. The molecule has 8 nitrogen and oxygen atoms in total. The molecule has 0 spiro atoms. The quantitative estimate of drug-likeness (QED) is 0.613. The monoisotopic (exact) mass is 443 g/mol. The largest absolute Gasteiger partial charge is 0.424 e. The third-order valence-corrected chi connectivity index (χ3v) is 7.75. The maximum atomic E-state index is 13.0. The first-order valence-corrected chi connectivity index (χ1v) is 12.5. The Morgan fingerprint density at radius 2 is 1.74 bits per heavy atom. The summed E-state index contributed by atoms with van der Waals surface area (Å²) in [5.41, 5.74) is 1.42. The lowest BCUT2D eigenvalue weighted by atomic mass is 9.86. The summed E-state index contributed by atoms with van der Waals surface area (Å²) in [7, 11) is -3.60. The van der Waals surface area contributed by atoms with Crippen LogP contribution in [0.5, 0.6) is 0 Å². The fourth-order valence-corrected chi connectivity index (χ4v) is 5.50. The highest BCUT2D eigenvalue weighted by molar-refractivity contribution is 7.89. The second-order valence-corrected chi connectivity index (χ2v) is 11.7. The molecule has 0 aliphatic heterocycles. The van der Waals surface area contributed by atoms with Crippen LogP contribution in [0.2, 0.25) is 0 Å². The molecule has 0 amide bonds. The van der Waals surface area contributed by atoms with E-state index in [0.717, 1.165) is 49.9 Å². The van der Waals surface area contributed by atoms with E-state index in [4.69, 9.17) is 4.42 Å². The number of sulfonamides is 1. The summed E-state index contributed by atoms with van der Waals surface area (Å²) in [6.45, 7) is 6.13. The number of aromatic nitrogens is 4. The zero-order valence-corrected chi connectivity index (χ0v) is 19.0. The van der Waals surface area contributed by atoms with Gasteiger partial charge < -0.3 is 9.40 Å². The molecule has 0 saturated heterocycles. The van der Waals surface area contributed by atoms with Crippen molar-refractivity contribution in [2.75, 3.05) is 0 Å². The fourth-order valence-electron chi connectivity index (χ4n) is 4.17. The van der Waals surface area contributed by atoms with Gasteiger partial charge in [-0.1, -0.05) is 20.8 Å². The van der Waals surface area contributed by atoms with Crippen molar-refractivity contribution in [3.05, 3.63) is 35.8 Å². The Morgan fingerprint density at radius 3 is 2.39 bits per heavy atom. The van der Waals surface area contributed by atoms with Crippen molar-refractivity contribution in [1.82, 2.24) is 24.9 Å². The van der Waals surface area contributed by atoms with Gasteiger partial charge >= 0.3 is 0 Å². The van der Waals surface area contributed by atoms with E-state index in [0.29, 0.717) is 23.2 Å². The molecule has 1 aromatic carbocycles. The van der Waals surface area contributed by atoms with Gasteiger partial charge in [0.05, 0.1) is 15.9 Å². The van der Waals surface area contributed by atoms with Crippen molar-refractivity contribution < 1.29 is 12.8 Å². The Kier molecular flexibility index (Phi) is 4.93. The van der Waals surface area contributed by atoms with E-state index in [9.17, 15) is 8.42 Å². The van der Waals surface area contributed by atoms with Crippen LogP contribution in [0.3, 0.4) is 0 Å². The number of rotatable bonds is 5. The number of imidazole rings is 1. The molecule has 3 aromatic rings. The van der Waals surface area contributed by atoms with Gasteiger partial charge in [-0.3, -0.25) is 0 Å². The average molecular weight is 444 g/mol. The summed E-state index contributed by atoms with van der Waals surface area (Å²) in [6, 6.07) is 5.03. The second kappa shape index (κ2) is 7.41. The van der Waals surface area contributed by atoms with Crippen LogP contribution in [0.1, 0.15) is 88.7 Å². The topological polar surface area (TPSA) is 114 Å². The number of aromatic amines is 1. The number of H-pyrrole nitrogens is 1. The lowest BCUT2D eigenvalue weighted by molar-refractivity contribution is 0.304. The van der Waals surface area contributed by atoms with Crippen molar-refractivity contribution in [3.8, 4) is 0 Å². The van der Waals surface area contributed by atoms with Gasteiger partial charge in [0.2, 0.25) is 21.8 Å². The molecular formula is C22H29N5O3S. The molecule has 0 radical (unpaired) electrons. The molecule has 0 atom stereocenters. The SMILES string of the molecule is CC(C)(C)c1nnc([C@H]2CC[C@H](NS(=O)(=O)c3ccc4[nH]c(C5CC5)nc4c3)CC2)o1. The minimum Gasteiger partial charge on any atom is -0.424 e. The molecule has 2 aliphatic rings. The van der Waals surface area contributed by atoms with Crippen LogP contribution in [0, 0.1) is 0 Å². The van der Waals surface area contributed by atoms with Crippen LogP contribution in [0.4, 0.5) is 0 Å². The van der Waals surface area contributed by atoms with Gasteiger partial charge in [-0.05, 0) is 56.7 Å². The number of nitrogens with zero attached hydrogens (tertiary/aromatic N) is 3. The van der Waals surface area contributed by atoms with Gasteiger partial charge in [-0.15, -0.1) is 10.2 Å². The van der Waals surface area contributed by atoms with E-state index in [2.05, 4.69) is 24.9 Å². The predicted octanol–water partition coefficient (Wildman–Crippen LogP) is 4.13. The molecule has 31 heavy (non-hydrogen) atoms. The van der Waals surface area contributed by atoms with Crippen LogP contribution in [-0.2, 0) is 15.4 Å². The van der Waals surface area contributed by atoms with E-state index >= 15 is 0 Å². The highest BCUT2D eigenvalue weighted by Gasteiger charge is 2.31. The highest BCUT2D eigenvalue weighted by atomic mass is 32.2. The van der Waals surface area contributed by atoms with Crippen LogP contribution in [0.25, 0.3) is 11.0 Å². The second-order valence-electron chi connectivity index (χ2n) is 9.94. The number of nitrogens with one attached hydrogen (secondary N) is 2. The lowest BCUT2D eigenvalue weighted by Gasteiger charge is -2.27. The highest BCUT2D eigenvalue weighted by Crippen LogP contribution is 2.39. The molecule has 9 heteroatoms. The Labute approximate surface area is 182 Å². The van der Waals surface area contributed by atoms with E-state index in [-0.39, 0.29) is 22.3 Å². The van der Waals surface area contributed by atoms with Crippen LogP contribution in [-0.4, -0.2) is 34.6 Å². The summed E-state index contributed by atoms with van der Waals surface area (Å²) < 4.78 is 34.7. The molecule has 5 rings (SSSR count). The number of hydrogen-bond acceptors (Lipinski definition) is 6. The third-order valence-electron chi connectivity index (χ3n) is 6.23. The van der Waals surface area contributed by atoms with E-state index < -0.39 is 10.0 Å². The van der Waals surface area contributed by atoms with Crippen molar-refractivity contribution in [1.29, 1.82) is 0 Å². The van der Waals surface area contributed by atoms with Crippen molar-refractivity contribution in [2.24, 2.45) is 0 Å². The Hall–Kier alpha value is -2.26. The molecule has 0 unspecified atom stereocenters. The van der Waals surface area contributed by atoms with E-state index in [1.54, 1.807) is 12.1 Å². The van der Waals surface area contributed by atoms with Gasteiger partial charge in [-0.25, -0.2) is 18.1 Å². The van der Waals surface area contributed by atoms with Gasteiger partial charge in [0, 0.05) is 23.3 Å². The summed E-state index contributed by atoms with van der Waals surface area (Å²) in [5, 5.41) is 8.42. The maximum Gasteiger partial charge on any atom is 0.240 e. The zero-order valence-electron chi connectivity index (χ0n) is 18.2. The molecule has 2 saturated carbocycles. The van der Waals surface area contributed by atoms with Crippen molar-refractivity contribution in [3.63, 3.8) is 0 Å². The smallest absolute Gasteiger partial charge is 0.240 e. The predicted molar refractivity (Wildman–Crippen MR) is 116 cm³/mol. The van der Waals surface area contributed by atoms with E-state index in [1.807, 2.05) is 26.8 Å². The first kappa shape index (κ1) is 20.6.